The third-order valence-corrected chi connectivity index (χ3v) is 2.71. The maximum atomic E-state index is 5.70. The molecule has 2 nitrogen and oxygen atoms in total. The van der Waals surface area contributed by atoms with Gasteiger partial charge in [0, 0.05) is 5.56 Å². The van der Waals surface area contributed by atoms with E-state index in [0.29, 0.717) is 6.54 Å². The number of rotatable bonds is 3. The summed E-state index contributed by atoms with van der Waals surface area (Å²) in [6, 6.07) is 6.03. The van der Waals surface area contributed by atoms with Crippen molar-refractivity contribution in [1.29, 1.82) is 0 Å². The van der Waals surface area contributed by atoms with E-state index < -0.39 is 0 Å². The molecule has 84 valence electrons. The summed E-state index contributed by atoms with van der Waals surface area (Å²) in [6.45, 7) is 3.30. The third kappa shape index (κ3) is 3.01. The summed E-state index contributed by atoms with van der Waals surface area (Å²) in [4.78, 5) is 0. The van der Waals surface area contributed by atoms with Gasteiger partial charge >= 0.3 is 0 Å². The molecule has 1 fully saturated rings. The molecule has 0 atom stereocenters. The average molecular weight is 215 g/mol. The molecular formula is C14H17NO. The maximum absolute atomic E-state index is 5.70. The lowest BCUT2D eigenvalue weighted by atomic mass is 10.1. The molecule has 1 aliphatic rings. The Morgan fingerprint density at radius 1 is 1.44 bits per heavy atom. The fourth-order valence-electron chi connectivity index (χ4n) is 1.51. The smallest absolute Gasteiger partial charge is 0.119 e. The van der Waals surface area contributed by atoms with Crippen LogP contribution in [0.1, 0.15) is 24.0 Å². The van der Waals surface area contributed by atoms with Gasteiger partial charge in [0.15, 0.2) is 0 Å². The fraction of sp³-hybridized carbons (Fsp3) is 0.429. The Hall–Kier alpha value is -1.46. The van der Waals surface area contributed by atoms with Crippen molar-refractivity contribution in [2.75, 3.05) is 13.2 Å². The van der Waals surface area contributed by atoms with Gasteiger partial charge in [-0.1, -0.05) is 11.8 Å². The van der Waals surface area contributed by atoms with E-state index in [1.165, 1.54) is 12.8 Å². The minimum atomic E-state index is 0.402. The van der Waals surface area contributed by atoms with Gasteiger partial charge in [-0.2, -0.15) is 0 Å². The number of ether oxygens (including phenoxy) is 1. The average Bonchev–Trinajstić information content (AvgIpc) is 3.09. The van der Waals surface area contributed by atoms with Crippen LogP contribution in [-0.2, 0) is 0 Å². The summed E-state index contributed by atoms with van der Waals surface area (Å²) in [5, 5.41) is 0. The molecule has 1 aromatic carbocycles. The molecule has 2 heteroatoms. The third-order valence-electron chi connectivity index (χ3n) is 2.71. The van der Waals surface area contributed by atoms with Gasteiger partial charge in [-0.15, -0.1) is 0 Å². The SMILES string of the molecule is Cc1cc(OCC2CC2)ccc1C#CCN. The molecule has 2 rings (SSSR count). The van der Waals surface area contributed by atoms with Crippen LogP contribution in [0.15, 0.2) is 18.2 Å². The van der Waals surface area contributed by atoms with Crippen LogP contribution in [0.3, 0.4) is 0 Å². The molecule has 0 unspecified atom stereocenters. The van der Waals surface area contributed by atoms with Crippen LogP contribution < -0.4 is 10.5 Å². The van der Waals surface area contributed by atoms with E-state index in [9.17, 15) is 0 Å². The van der Waals surface area contributed by atoms with Gasteiger partial charge in [-0.25, -0.2) is 0 Å². The highest BCUT2D eigenvalue weighted by Gasteiger charge is 2.21. The summed E-state index contributed by atoms with van der Waals surface area (Å²) < 4.78 is 5.70. The molecule has 16 heavy (non-hydrogen) atoms. The summed E-state index contributed by atoms with van der Waals surface area (Å²) in [7, 11) is 0. The molecule has 0 saturated heterocycles. The second-order valence-corrected chi connectivity index (χ2v) is 4.24. The Morgan fingerprint density at radius 2 is 2.25 bits per heavy atom. The van der Waals surface area contributed by atoms with Gasteiger partial charge in [0.1, 0.15) is 5.75 Å². The van der Waals surface area contributed by atoms with Gasteiger partial charge in [-0.3, -0.25) is 0 Å². The molecule has 1 aliphatic carbocycles. The Balaban J connectivity index is 2.02. The number of hydrogen-bond acceptors (Lipinski definition) is 2. The van der Waals surface area contributed by atoms with E-state index in [1.807, 2.05) is 25.1 Å². The normalized spacial score (nSPS) is 14.1. The largest absolute Gasteiger partial charge is 0.493 e. The van der Waals surface area contributed by atoms with Gasteiger partial charge in [0.25, 0.3) is 0 Å². The molecule has 0 spiro atoms. The Morgan fingerprint density at radius 3 is 2.88 bits per heavy atom. The van der Waals surface area contributed by atoms with E-state index in [0.717, 1.165) is 29.4 Å². The minimum absolute atomic E-state index is 0.402. The number of hydrogen-bond donors (Lipinski definition) is 1. The van der Waals surface area contributed by atoms with Gasteiger partial charge in [-0.05, 0) is 49.4 Å². The molecule has 1 aromatic rings. The minimum Gasteiger partial charge on any atom is -0.493 e. The summed E-state index contributed by atoms with van der Waals surface area (Å²) >= 11 is 0. The number of nitrogens with two attached hydrogens (primary N) is 1. The van der Waals surface area contributed by atoms with Crippen molar-refractivity contribution >= 4 is 0 Å². The zero-order valence-electron chi connectivity index (χ0n) is 9.62. The highest BCUT2D eigenvalue weighted by Crippen LogP contribution is 2.29. The van der Waals surface area contributed by atoms with Crippen molar-refractivity contribution in [3.63, 3.8) is 0 Å². The molecule has 0 aliphatic heterocycles. The first-order valence-corrected chi connectivity index (χ1v) is 5.72. The monoisotopic (exact) mass is 215 g/mol. The molecule has 0 heterocycles. The van der Waals surface area contributed by atoms with E-state index in [4.69, 9.17) is 10.5 Å². The van der Waals surface area contributed by atoms with Crippen molar-refractivity contribution < 1.29 is 4.74 Å². The lowest BCUT2D eigenvalue weighted by molar-refractivity contribution is 0.299. The van der Waals surface area contributed by atoms with Crippen molar-refractivity contribution in [2.45, 2.75) is 19.8 Å². The highest BCUT2D eigenvalue weighted by atomic mass is 16.5. The van der Waals surface area contributed by atoms with Crippen LogP contribution in [0, 0.1) is 24.7 Å². The van der Waals surface area contributed by atoms with E-state index in [1.54, 1.807) is 0 Å². The Bertz CT molecular complexity index is 424. The Kier molecular flexibility index (Phi) is 3.48. The van der Waals surface area contributed by atoms with E-state index in [2.05, 4.69) is 11.8 Å². The summed E-state index contributed by atoms with van der Waals surface area (Å²) in [6.07, 6.45) is 2.64. The maximum Gasteiger partial charge on any atom is 0.119 e. The lowest BCUT2D eigenvalue weighted by Gasteiger charge is -2.06. The number of benzene rings is 1. The van der Waals surface area contributed by atoms with Crippen molar-refractivity contribution in [1.82, 2.24) is 0 Å². The first kappa shape index (κ1) is 11.0. The topological polar surface area (TPSA) is 35.2 Å². The van der Waals surface area contributed by atoms with E-state index >= 15 is 0 Å². The molecule has 2 N–H and O–H groups in total. The quantitative estimate of drug-likeness (QED) is 0.784. The fourth-order valence-corrected chi connectivity index (χ4v) is 1.51. The van der Waals surface area contributed by atoms with Crippen LogP contribution in [0.5, 0.6) is 5.75 Å². The van der Waals surface area contributed by atoms with Crippen LogP contribution in [0.2, 0.25) is 0 Å². The zero-order chi connectivity index (χ0) is 11.4. The zero-order valence-corrected chi connectivity index (χ0v) is 9.62. The van der Waals surface area contributed by atoms with E-state index in [-0.39, 0.29) is 0 Å². The molecule has 0 radical (unpaired) electrons. The molecular weight excluding hydrogens is 198 g/mol. The van der Waals surface area contributed by atoms with Crippen molar-refractivity contribution in [2.24, 2.45) is 11.7 Å². The molecule has 0 bridgehead atoms. The van der Waals surface area contributed by atoms with Gasteiger partial charge in [0.05, 0.1) is 13.2 Å². The predicted molar refractivity (Wildman–Crippen MR) is 65.3 cm³/mol. The van der Waals surface area contributed by atoms with Crippen LogP contribution in [0.25, 0.3) is 0 Å². The first-order valence-electron chi connectivity index (χ1n) is 5.72. The van der Waals surface area contributed by atoms with Crippen LogP contribution in [0.4, 0.5) is 0 Å². The summed E-state index contributed by atoms with van der Waals surface area (Å²) in [5.41, 5.74) is 7.53. The van der Waals surface area contributed by atoms with Gasteiger partial charge < -0.3 is 10.5 Å². The van der Waals surface area contributed by atoms with Crippen LogP contribution in [-0.4, -0.2) is 13.2 Å². The van der Waals surface area contributed by atoms with Gasteiger partial charge in [0.2, 0.25) is 0 Å². The standard InChI is InChI=1S/C14H17NO/c1-11-9-14(16-10-12-4-5-12)7-6-13(11)3-2-8-15/h6-7,9,12H,4-5,8,10,15H2,1H3. The highest BCUT2D eigenvalue weighted by molar-refractivity contribution is 5.44. The molecule has 0 amide bonds. The molecule has 0 aromatic heterocycles. The molecule has 1 saturated carbocycles. The predicted octanol–water partition coefficient (Wildman–Crippen LogP) is 2.09. The first-order chi connectivity index (χ1) is 7.79. The lowest BCUT2D eigenvalue weighted by Crippen LogP contribution is -1.99. The second kappa shape index (κ2) is 5.05. The van der Waals surface area contributed by atoms with Crippen LogP contribution >= 0.6 is 0 Å². The number of aryl methyl sites for hydroxylation is 1. The Labute approximate surface area is 96.8 Å². The van der Waals surface area contributed by atoms with Crippen molar-refractivity contribution in [3.8, 4) is 17.6 Å². The summed E-state index contributed by atoms with van der Waals surface area (Å²) in [5.74, 6) is 7.64. The van der Waals surface area contributed by atoms with Crippen molar-refractivity contribution in [3.05, 3.63) is 29.3 Å². The second-order valence-electron chi connectivity index (χ2n) is 4.24.